The molecule has 3 rings (SSSR count). The molecule has 3 heteroatoms. The number of imidazole rings is 1. The molecule has 1 saturated heterocycles. The van der Waals surface area contributed by atoms with Crippen molar-refractivity contribution in [1.29, 1.82) is 0 Å². The molecule has 1 aliphatic heterocycles. The fourth-order valence-electron chi connectivity index (χ4n) is 2.96. The summed E-state index contributed by atoms with van der Waals surface area (Å²) in [6.07, 6.45) is 6.48. The summed E-state index contributed by atoms with van der Waals surface area (Å²) in [6, 6.07) is 8.81. The Hall–Kier alpha value is -1.61. The number of hydrogen-bond acceptors (Lipinski definition) is 2. The number of nitrogens with one attached hydrogen (secondary N) is 1. The van der Waals surface area contributed by atoms with Gasteiger partial charge in [0.1, 0.15) is 0 Å². The summed E-state index contributed by atoms with van der Waals surface area (Å²) in [5, 5.41) is 3.49. The van der Waals surface area contributed by atoms with Gasteiger partial charge in [0.05, 0.1) is 6.33 Å². The van der Waals surface area contributed by atoms with Gasteiger partial charge in [0, 0.05) is 30.0 Å². The molecular formula is C17H23N3. The molecule has 1 aromatic carbocycles. The van der Waals surface area contributed by atoms with Crippen LogP contribution >= 0.6 is 0 Å². The van der Waals surface area contributed by atoms with Crippen LogP contribution in [-0.4, -0.2) is 22.6 Å². The van der Waals surface area contributed by atoms with Crippen LogP contribution in [0.4, 0.5) is 0 Å². The molecule has 1 N–H and O–H groups in total. The number of aromatic nitrogens is 2. The molecule has 2 heterocycles. The van der Waals surface area contributed by atoms with Crippen LogP contribution < -0.4 is 5.32 Å². The minimum absolute atomic E-state index is 0.554. The van der Waals surface area contributed by atoms with E-state index in [1.165, 1.54) is 29.8 Å². The fourth-order valence-corrected chi connectivity index (χ4v) is 2.96. The molecule has 1 atom stereocenters. The van der Waals surface area contributed by atoms with E-state index in [0.717, 1.165) is 13.1 Å². The van der Waals surface area contributed by atoms with Crippen LogP contribution in [0, 0.1) is 0 Å². The van der Waals surface area contributed by atoms with Crippen molar-refractivity contribution >= 4 is 0 Å². The van der Waals surface area contributed by atoms with E-state index in [1.807, 2.05) is 12.5 Å². The number of piperidine rings is 1. The zero-order valence-electron chi connectivity index (χ0n) is 12.3. The lowest BCUT2D eigenvalue weighted by molar-refractivity contribution is 0.451. The largest absolute Gasteiger partial charge is 0.316 e. The highest BCUT2D eigenvalue weighted by atomic mass is 15.1. The van der Waals surface area contributed by atoms with E-state index in [4.69, 9.17) is 0 Å². The Morgan fingerprint density at radius 2 is 2.25 bits per heavy atom. The number of hydrogen-bond donors (Lipinski definition) is 1. The van der Waals surface area contributed by atoms with Crippen molar-refractivity contribution in [3.63, 3.8) is 0 Å². The first-order chi connectivity index (χ1) is 9.75. The molecule has 20 heavy (non-hydrogen) atoms. The maximum atomic E-state index is 4.38. The van der Waals surface area contributed by atoms with Crippen molar-refractivity contribution in [3.05, 3.63) is 48.0 Å². The lowest BCUT2D eigenvalue weighted by atomic mass is 9.96. The summed E-state index contributed by atoms with van der Waals surface area (Å²) < 4.78 is 2.25. The van der Waals surface area contributed by atoms with Crippen molar-refractivity contribution in [1.82, 2.24) is 14.9 Å². The van der Waals surface area contributed by atoms with Gasteiger partial charge in [-0.2, -0.15) is 0 Å². The summed E-state index contributed by atoms with van der Waals surface area (Å²) >= 11 is 0. The summed E-state index contributed by atoms with van der Waals surface area (Å²) in [7, 11) is 0. The van der Waals surface area contributed by atoms with Crippen molar-refractivity contribution in [3.8, 4) is 5.69 Å². The van der Waals surface area contributed by atoms with Crippen LogP contribution in [0.5, 0.6) is 0 Å². The fraction of sp³-hybridized carbons (Fsp3) is 0.471. The van der Waals surface area contributed by atoms with Crippen molar-refractivity contribution in [2.24, 2.45) is 0 Å². The first kappa shape index (κ1) is 13.4. The van der Waals surface area contributed by atoms with Crippen LogP contribution in [-0.2, 0) is 0 Å². The van der Waals surface area contributed by atoms with Crippen molar-refractivity contribution < 1.29 is 0 Å². The summed E-state index contributed by atoms with van der Waals surface area (Å²) in [6.45, 7) is 6.68. The van der Waals surface area contributed by atoms with Gasteiger partial charge in [-0.05, 0) is 43.0 Å². The Morgan fingerprint density at radius 1 is 1.35 bits per heavy atom. The number of benzene rings is 1. The first-order valence-corrected chi connectivity index (χ1v) is 7.59. The average molecular weight is 269 g/mol. The summed E-state index contributed by atoms with van der Waals surface area (Å²) in [4.78, 5) is 4.38. The predicted molar refractivity (Wildman–Crippen MR) is 82.5 cm³/mol. The molecule has 1 aromatic heterocycles. The molecular weight excluding hydrogens is 246 g/mol. The molecule has 2 aromatic rings. The van der Waals surface area contributed by atoms with Crippen LogP contribution in [0.2, 0.25) is 0 Å². The third-order valence-electron chi connectivity index (χ3n) is 4.20. The van der Waals surface area contributed by atoms with Gasteiger partial charge in [0.25, 0.3) is 0 Å². The zero-order valence-corrected chi connectivity index (χ0v) is 12.3. The van der Waals surface area contributed by atoms with Crippen LogP contribution in [0.3, 0.4) is 0 Å². The second-order valence-electron chi connectivity index (χ2n) is 5.98. The predicted octanol–water partition coefficient (Wildman–Crippen LogP) is 3.46. The molecule has 1 aliphatic rings. The van der Waals surface area contributed by atoms with Gasteiger partial charge < -0.3 is 9.88 Å². The topological polar surface area (TPSA) is 29.9 Å². The first-order valence-electron chi connectivity index (χ1n) is 7.59. The molecule has 0 saturated carbocycles. The van der Waals surface area contributed by atoms with Gasteiger partial charge in [-0.1, -0.05) is 26.0 Å². The molecule has 3 nitrogen and oxygen atoms in total. The Labute approximate surface area is 121 Å². The molecule has 0 bridgehead atoms. The highest BCUT2D eigenvalue weighted by Gasteiger charge is 2.19. The van der Waals surface area contributed by atoms with Crippen LogP contribution in [0.15, 0.2) is 36.8 Å². The Morgan fingerprint density at radius 3 is 3.00 bits per heavy atom. The molecule has 0 amide bonds. The zero-order chi connectivity index (χ0) is 13.9. The Bertz CT molecular complexity index is 565. The Balaban J connectivity index is 1.94. The number of rotatable bonds is 3. The van der Waals surface area contributed by atoms with Crippen LogP contribution in [0.25, 0.3) is 5.69 Å². The molecule has 1 unspecified atom stereocenters. The van der Waals surface area contributed by atoms with Crippen LogP contribution in [0.1, 0.15) is 49.8 Å². The second-order valence-corrected chi connectivity index (χ2v) is 5.98. The molecule has 106 valence electrons. The quantitative estimate of drug-likeness (QED) is 0.924. The summed E-state index contributed by atoms with van der Waals surface area (Å²) in [5.41, 5.74) is 3.94. The molecule has 0 radical (unpaired) electrons. The minimum Gasteiger partial charge on any atom is -0.316 e. The maximum Gasteiger partial charge on any atom is 0.0994 e. The molecule has 0 spiro atoms. The van der Waals surface area contributed by atoms with Gasteiger partial charge in [-0.25, -0.2) is 4.98 Å². The monoisotopic (exact) mass is 269 g/mol. The highest BCUT2D eigenvalue weighted by Crippen LogP contribution is 2.26. The van der Waals surface area contributed by atoms with E-state index in [1.54, 1.807) is 0 Å². The van der Waals surface area contributed by atoms with Crippen molar-refractivity contribution in [2.45, 2.75) is 38.5 Å². The third kappa shape index (κ3) is 2.63. The standard InChI is InChI=1S/C17H23N3/c1-13(2)14-5-3-7-16(9-14)20-12-19-11-17(20)15-6-4-8-18-10-15/h3,5,7,9,11-13,15,18H,4,6,8,10H2,1-2H3. The smallest absolute Gasteiger partial charge is 0.0994 e. The van der Waals surface area contributed by atoms with E-state index in [0.29, 0.717) is 11.8 Å². The van der Waals surface area contributed by atoms with Gasteiger partial charge >= 0.3 is 0 Å². The van der Waals surface area contributed by atoms with E-state index in [2.05, 4.69) is 53.0 Å². The van der Waals surface area contributed by atoms with Gasteiger partial charge in [0.2, 0.25) is 0 Å². The van der Waals surface area contributed by atoms with E-state index < -0.39 is 0 Å². The molecule has 1 fully saturated rings. The average Bonchev–Trinajstić information content (AvgIpc) is 2.98. The second kappa shape index (κ2) is 5.80. The lowest BCUT2D eigenvalue weighted by Crippen LogP contribution is -2.29. The van der Waals surface area contributed by atoms with Crippen molar-refractivity contribution in [2.75, 3.05) is 13.1 Å². The maximum absolute atomic E-state index is 4.38. The van der Waals surface area contributed by atoms with Gasteiger partial charge in [-0.15, -0.1) is 0 Å². The minimum atomic E-state index is 0.554. The molecule has 0 aliphatic carbocycles. The Kier molecular flexibility index (Phi) is 3.88. The third-order valence-corrected chi connectivity index (χ3v) is 4.20. The van der Waals surface area contributed by atoms with E-state index in [-0.39, 0.29) is 0 Å². The number of nitrogens with zero attached hydrogens (tertiary/aromatic N) is 2. The SMILES string of the molecule is CC(C)c1cccc(-n2cncc2C2CCCNC2)c1. The van der Waals surface area contributed by atoms with E-state index >= 15 is 0 Å². The highest BCUT2D eigenvalue weighted by molar-refractivity contribution is 5.39. The van der Waals surface area contributed by atoms with Gasteiger partial charge in [0.15, 0.2) is 0 Å². The lowest BCUT2D eigenvalue weighted by Gasteiger charge is -2.24. The van der Waals surface area contributed by atoms with E-state index in [9.17, 15) is 0 Å². The van der Waals surface area contributed by atoms with Gasteiger partial charge in [-0.3, -0.25) is 0 Å². The summed E-state index contributed by atoms with van der Waals surface area (Å²) in [5.74, 6) is 1.13. The normalized spacial score (nSPS) is 19.4.